The second-order valence-electron chi connectivity index (χ2n) is 18.5. The maximum absolute atomic E-state index is 2.82. The SMILES string of the molecule is CCCC1([P+](c2ccccc2)(c2ccccc2)c2ccccc2)CC[C@@]2(C)C(CCC3C2CC[C@@]2(C)C3CC[C@@H]2[C@H](C)CCCC(C)C)C1. The van der Waals surface area contributed by atoms with Crippen LogP contribution in [0.5, 0.6) is 0 Å². The van der Waals surface area contributed by atoms with Gasteiger partial charge in [0.15, 0.2) is 0 Å². The number of hydrogen-bond acceptors (Lipinski definition) is 0. The monoisotopic (exact) mass is 676 g/mol. The van der Waals surface area contributed by atoms with Crippen LogP contribution in [-0.2, 0) is 0 Å². The molecule has 3 aromatic carbocycles. The molecule has 1 heteroatoms. The largest absolute Gasteiger partial charge is 0.118 e. The van der Waals surface area contributed by atoms with Gasteiger partial charge in [0.05, 0.1) is 5.16 Å². The summed E-state index contributed by atoms with van der Waals surface area (Å²) in [5.41, 5.74) is 1.07. The van der Waals surface area contributed by atoms with Gasteiger partial charge in [-0.05, 0) is 153 Å². The molecule has 4 saturated carbocycles. The highest BCUT2D eigenvalue weighted by atomic mass is 31.2. The Morgan fingerprint density at radius 3 is 1.76 bits per heavy atom. The van der Waals surface area contributed by atoms with Gasteiger partial charge in [0.1, 0.15) is 23.2 Å². The zero-order chi connectivity index (χ0) is 34.3. The molecule has 3 aromatic rings. The van der Waals surface area contributed by atoms with Crippen molar-refractivity contribution in [2.75, 3.05) is 0 Å². The van der Waals surface area contributed by atoms with Crippen molar-refractivity contribution in [2.24, 2.45) is 52.3 Å². The van der Waals surface area contributed by atoms with Gasteiger partial charge in [-0.25, -0.2) is 0 Å². The fraction of sp³-hybridized carbons (Fsp3) is 0.625. The Morgan fingerprint density at radius 1 is 0.633 bits per heavy atom. The first-order valence-corrected chi connectivity index (χ1v) is 22.5. The first kappa shape index (κ1) is 35.5. The molecule has 4 fully saturated rings. The second kappa shape index (κ2) is 14.3. The van der Waals surface area contributed by atoms with Crippen molar-refractivity contribution in [2.45, 2.75) is 137 Å². The molecule has 0 radical (unpaired) electrons. The molecular formula is C48H68P+. The molecule has 5 unspecified atom stereocenters. The van der Waals surface area contributed by atoms with Gasteiger partial charge in [-0.1, -0.05) is 122 Å². The molecule has 0 heterocycles. The molecule has 7 rings (SSSR count). The lowest BCUT2D eigenvalue weighted by Gasteiger charge is -2.63. The molecule has 0 nitrogen and oxygen atoms in total. The van der Waals surface area contributed by atoms with Gasteiger partial charge in [-0.2, -0.15) is 0 Å². The van der Waals surface area contributed by atoms with Crippen molar-refractivity contribution in [3.05, 3.63) is 91.0 Å². The quantitative estimate of drug-likeness (QED) is 0.177. The summed E-state index contributed by atoms with van der Waals surface area (Å²) in [6, 6.07) is 35.7. The van der Waals surface area contributed by atoms with Crippen LogP contribution >= 0.6 is 7.26 Å². The molecule has 0 N–H and O–H groups in total. The summed E-state index contributed by atoms with van der Waals surface area (Å²) in [5.74, 6) is 6.38. The zero-order valence-corrected chi connectivity index (χ0v) is 32.9. The van der Waals surface area contributed by atoms with E-state index in [4.69, 9.17) is 0 Å². The number of benzene rings is 3. The second-order valence-corrected chi connectivity index (χ2v) is 22.4. The lowest BCUT2D eigenvalue weighted by atomic mass is 9.43. The number of fused-ring (bicyclic) bond motifs is 5. The Balaban J connectivity index is 1.23. The molecule has 0 aromatic heterocycles. The maximum atomic E-state index is 2.82. The summed E-state index contributed by atoms with van der Waals surface area (Å²) in [4.78, 5) is 0. The van der Waals surface area contributed by atoms with E-state index in [-0.39, 0.29) is 5.16 Å². The molecule has 0 bridgehead atoms. The molecule has 0 amide bonds. The highest BCUT2D eigenvalue weighted by Gasteiger charge is 2.68. The van der Waals surface area contributed by atoms with Crippen molar-refractivity contribution in [3.8, 4) is 0 Å². The zero-order valence-electron chi connectivity index (χ0n) is 32.0. The Bertz CT molecular complexity index is 1400. The third kappa shape index (κ3) is 5.91. The minimum atomic E-state index is -1.97. The van der Waals surface area contributed by atoms with Gasteiger partial charge in [-0.3, -0.25) is 0 Å². The molecular weight excluding hydrogens is 608 g/mol. The first-order chi connectivity index (χ1) is 23.7. The maximum Gasteiger partial charge on any atom is 0.118 e. The van der Waals surface area contributed by atoms with E-state index in [0.717, 1.165) is 41.4 Å². The molecule has 264 valence electrons. The molecule has 0 saturated heterocycles. The van der Waals surface area contributed by atoms with Crippen molar-refractivity contribution in [1.29, 1.82) is 0 Å². The van der Waals surface area contributed by atoms with Gasteiger partial charge in [0.2, 0.25) is 0 Å². The minimum absolute atomic E-state index is 0.288. The molecule has 49 heavy (non-hydrogen) atoms. The van der Waals surface area contributed by atoms with Crippen LogP contribution in [-0.4, -0.2) is 5.16 Å². The van der Waals surface area contributed by atoms with Crippen molar-refractivity contribution in [1.82, 2.24) is 0 Å². The topological polar surface area (TPSA) is 0 Å². The van der Waals surface area contributed by atoms with E-state index in [2.05, 4.69) is 133 Å². The molecule has 4 aliphatic rings. The average Bonchev–Trinajstić information content (AvgIpc) is 3.48. The lowest BCUT2D eigenvalue weighted by molar-refractivity contribution is -0.119. The Kier molecular flexibility index (Phi) is 10.3. The minimum Gasteiger partial charge on any atom is -0.0652 e. The Labute approximate surface area is 302 Å². The molecule has 0 aliphatic heterocycles. The molecule has 9 atom stereocenters. The van der Waals surface area contributed by atoms with Crippen molar-refractivity contribution in [3.63, 3.8) is 0 Å². The van der Waals surface area contributed by atoms with E-state index in [0.29, 0.717) is 10.8 Å². The summed E-state index contributed by atoms with van der Waals surface area (Å²) in [6.07, 6.45) is 20.1. The third-order valence-electron chi connectivity index (χ3n) is 15.9. The Hall–Kier alpha value is -1.91. The molecule has 0 spiro atoms. The van der Waals surface area contributed by atoms with E-state index < -0.39 is 7.26 Å². The van der Waals surface area contributed by atoms with Gasteiger partial charge in [-0.15, -0.1) is 0 Å². The van der Waals surface area contributed by atoms with Crippen molar-refractivity contribution >= 4 is 23.2 Å². The summed E-state index contributed by atoms with van der Waals surface area (Å²) >= 11 is 0. The van der Waals surface area contributed by atoms with Crippen LogP contribution < -0.4 is 15.9 Å². The Morgan fingerprint density at radius 2 is 1.20 bits per heavy atom. The van der Waals surface area contributed by atoms with Gasteiger partial charge >= 0.3 is 0 Å². The fourth-order valence-corrected chi connectivity index (χ4v) is 19.6. The van der Waals surface area contributed by atoms with Crippen LogP contribution in [0.1, 0.15) is 131 Å². The van der Waals surface area contributed by atoms with Crippen molar-refractivity contribution < 1.29 is 0 Å². The van der Waals surface area contributed by atoms with E-state index in [1.165, 1.54) is 89.9 Å². The highest BCUT2D eigenvalue weighted by Crippen LogP contribution is 2.76. The van der Waals surface area contributed by atoms with E-state index in [9.17, 15) is 0 Å². The average molecular weight is 676 g/mol. The van der Waals surface area contributed by atoms with Crippen LogP contribution in [0, 0.1) is 52.3 Å². The first-order valence-electron chi connectivity index (χ1n) is 20.8. The standard InChI is InChI=1S/C48H68P/c1-7-31-48(49(39-20-11-8-12-21-39,40-22-13-9-14-23-40)41-24-15-10-16-25-41)34-33-46(5)38(35-48)26-27-42-44-29-28-43(37(4)19-17-18-36(2)3)47(44,6)32-30-45(42)46/h8-16,20-25,36-38,42-45H,7,17-19,26-35H2,1-6H3/q+1/t37-,38?,42?,43-,44?,45?,46+,47-,48?/m1/s1. The smallest absolute Gasteiger partial charge is 0.0652 e. The van der Waals surface area contributed by atoms with E-state index in [1.807, 2.05) is 0 Å². The third-order valence-corrected chi connectivity index (χ3v) is 21.2. The number of rotatable bonds is 11. The summed E-state index contributed by atoms with van der Waals surface area (Å²) in [5, 5.41) is 5.10. The summed E-state index contributed by atoms with van der Waals surface area (Å²) in [6.45, 7) is 15.5. The lowest BCUT2D eigenvalue weighted by Crippen LogP contribution is -2.58. The van der Waals surface area contributed by atoms with Crippen LogP contribution in [0.2, 0.25) is 0 Å². The predicted octanol–water partition coefficient (Wildman–Crippen LogP) is 12.6. The van der Waals surface area contributed by atoms with Crippen LogP contribution in [0.15, 0.2) is 91.0 Å². The highest BCUT2D eigenvalue weighted by molar-refractivity contribution is 7.97. The van der Waals surface area contributed by atoms with E-state index in [1.54, 1.807) is 15.9 Å². The number of hydrogen-bond donors (Lipinski definition) is 0. The fourth-order valence-electron chi connectivity index (χ4n) is 13.7. The van der Waals surface area contributed by atoms with Gasteiger partial charge < -0.3 is 0 Å². The molecule has 4 aliphatic carbocycles. The predicted molar refractivity (Wildman–Crippen MR) is 216 cm³/mol. The van der Waals surface area contributed by atoms with Gasteiger partial charge in [0.25, 0.3) is 0 Å². The van der Waals surface area contributed by atoms with Crippen LogP contribution in [0.25, 0.3) is 0 Å². The normalized spacial score (nSPS) is 35.0. The van der Waals surface area contributed by atoms with E-state index >= 15 is 0 Å². The summed E-state index contributed by atoms with van der Waals surface area (Å²) in [7, 11) is -1.97. The summed E-state index contributed by atoms with van der Waals surface area (Å²) < 4.78 is 0. The van der Waals surface area contributed by atoms with Crippen LogP contribution in [0.3, 0.4) is 0 Å². The van der Waals surface area contributed by atoms with Crippen LogP contribution in [0.4, 0.5) is 0 Å². The van der Waals surface area contributed by atoms with Gasteiger partial charge in [0, 0.05) is 0 Å².